The fourth-order valence-electron chi connectivity index (χ4n) is 1.47. The van der Waals surface area contributed by atoms with E-state index in [2.05, 4.69) is 30.7 Å². The van der Waals surface area contributed by atoms with Gasteiger partial charge < -0.3 is 0 Å². The van der Waals surface area contributed by atoms with Crippen molar-refractivity contribution in [2.24, 2.45) is 10.8 Å². The van der Waals surface area contributed by atoms with E-state index in [1.54, 1.807) is 12.4 Å². The average molecular weight is 234 g/mol. The zero-order valence-electron chi connectivity index (χ0n) is 11.7. The highest BCUT2D eigenvalue weighted by Gasteiger charge is 2.23. The van der Waals surface area contributed by atoms with Gasteiger partial charge in [-0.15, -0.1) is 0 Å². The van der Waals surface area contributed by atoms with Gasteiger partial charge in [-0.05, 0) is 5.41 Å². The molecule has 0 aliphatic carbocycles. The lowest BCUT2D eigenvalue weighted by Crippen LogP contribution is -2.21. The van der Waals surface area contributed by atoms with Crippen molar-refractivity contribution in [2.75, 3.05) is 0 Å². The number of hydrogen-bond acceptors (Lipinski definition) is 3. The summed E-state index contributed by atoms with van der Waals surface area (Å²) in [6.07, 6.45) is 4.10. The first-order chi connectivity index (χ1) is 7.59. The highest BCUT2D eigenvalue weighted by atomic mass is 16.1. The van der Waals surface area contributed by atoms with Gasteiger partial charge >= 0.3 is 0 Å². The van der Waals surface area contributed by atoms with E-state index in [4.69, 9.17) is 0 Å². The predicted molar refractivity (Wildman–Crippen MR) is 69.0 cm³/mol. The number of carbonyl (C=O) groups excluding carboxylic acids is 1. The molecule has 0 aliphatic heterocycles. The lowest BCUT2D eigenvalue weighted by atomic mass is 9.87. The van der Waals surface area contributed by atoms with Crippen LogP contribution in [-0.4, -0.2) is 15.8 Å². The van der Waals surface area contributed by atoms with Crippen molar-refractivity contribution in [1.29, 1.82) is 0 Å². The van der Waals surface area contributed by atoms with Crippen LogP contribution in [0.3, 0.4) is 0 Å². The Labute approximate surface area is 104 Å². The molecule has 0 saturated carbocycles. The van der Waals surface area contributed by atoms with E-state index in [9.17, 15) is 4.79 Å². The van der Waals surface area contributed by atoms with Crippen molar-refractivity contribution in [3.63, 3.8) is 0 Å². The van der Waals surface area contributed by atoms with E-state index in [1.807, 2.05) is 20.8 Å². The Morgan fingerprint density at radius 3 is 1.88 bits per heavy atom. The third-order valence-electron chi connectivity index (χ3n) is 2.34. The fraction of sp³-hybridized carbons (Fsp3) is 0.643. The first kappa shape index (κ1) is 13.8. The van der Waals surface area contributed by atoms with Gasteiger partial charge in [0.05, 0.1) is 5.56 Å². The van der Waals surface area contributed by atoms with Crippen molar-refractivity contribution in [1.82, 2.24) is 9.97 Å². The summed E-state index contributed by atoms with van der Waals surface area (Å²) in [6.45, 7) is 12.1. The summed E-state index contributed by atoms with van der Waals surface area (Å²) in [7, 11) is 0. The molecule has 0 spiro atoms. The van der Waals surface area contributed by atoms with Gasteiger partial charge in [0.1, 0.15) is 5.82 Å². The Kier molecular flexibility index (Phi) is 3.70. The summed E-state index contributed by atoms with van der Waals surface area (Å²) >= 11 is 0. The number of nitrogens with zero attached hydrogens (tertiary/aromatic N) is 2. The van der Waals surface area contributed by atoms with Gasteiger partial charge in [-0.3, -0.25) is 4.79 Å². The van der Waals surface area contributed by atoms with Crippen LogP contribution in [0, 0.1) is 10.8 Å². The number of aromatic nitrogens is 2. The molecule has 1 aromatic heterocycles. The second-order valence-corrected chi connectivity index (χ2v) is 6.70. The number of rotatable bonds is 2. The lowest BCUT2D eigenvalue weighted by molar-refractivity contribution is 0.0857. The molecule has 17 heavy (non-hydrogen) atoms. The van der Waals surface area contributed by atoms with Gasteiger partial charge in [-0.2, -0.15) is 0 Å². The number of Topliss-reactive ketones (excluding diaryl/α,β-unsaturated/α-hetero) is 1. The third kappa shape index (κ3) is 4.25. The van der Waals surface area contributed by atoms with E-state index in [-0.39, 0.29) is 16.6 Å². The second kappa shape index (κ2) is 4.55. The maximum Gasteiger partial charge on any atom is 0.171 e. The zero-order valence-corrected chi connectivity index (χ0v) is 11.7. The minimum atomic E-state index is -0.380. The fourth-order valence-corrected chi connectivity index (χ4v) is 1.47. The number of ketones is 1. The summed E-state index contributed by atoms with van der Waals surface area (Å²) in [6, 6.07) is 0. The van der Waals surface area contributed by atoms with Crippen molar-refractivity contribution in [3.05, 3.63) is 23.8 Å². The zero-order chi connectivity index (χ0) is 13.3. The van der Waals surface area contributed by atoms with E-state index >= 15 is 0 Å². The smallest absolute Gasteiger partial charge is 0.171 e. The SMILES string of the molecule is CC(C)(C)Cc1ncc(C(=O)C(C)(C)C)cn1. The monoisotopic (exact) mass is 234 g/mol. The van der Waals surface area contributed by atoms with E-state index in [1.165, 1.54) is 0 Å². The van der Waals surface area contributed by atoms with Gasteiger partial charge in [-0.25, -0.2) is 9.97 Å². The van der Waals surface area contributed by atoms with Crippen LogP contribution in [0.15, 0.2) is 12.4 Å². The molecule has 94 valence electrons. The second-order valence-electron chi connectivity index (χ2n) is 6.70. The lowest BCUT2D eigenvalue weighted by Gasteiger charge is -2.18. The molecule has 0 aliphatic rings. The first-order valence-corrected chi connectivity index (χ1v) is 5.95. The first-order valence-electron chi connectivity index (χ1n) is 5.95. The van der Waals surface area contributed by atoms with Gasteiger partial charge in [0.15, 0.2) is 5.78 Å². The molecule has 0 atom stereocenters. The Morgan fingerprint density at radius 1 is 1.06 bits per heavy atom. The Balaban J connectivity index is 2.86. The molecule has 0 N–H and O–H groups in total. The third-order valence-corrected chi connectivity index (χ3v) is 2.34. The minimum absolute atomic E-state index is 0.0832. The molecule has 3 nitrogen and oxygen atoms in total. The Morgan fingerprint density at radius 2 is 1.53 bits per heavy atom. The van der Waals surface area contributed by atoms with Crippen LogP contribution in [0.2, 0.25) is 0 Å². The van der Waals surface area contributed by atoms with E-state index in [0.717, 1.165) is 12.2 Å². The van der Waals surface area contributed by atoms with Gasteiger partial charge in [0, 0.05) is 24.2 Å². The predicted octanol–water partition coefficient (Wildman–Crippen LogP) is 3.29. The van der Waals surface area contributed by atoms with Crippen molar-refractivity contribution in [2.45, 2.75) is 48.0 Å². The quantitative estimate of drug-likeness (QED) is 0.737. The van der Waals surface area contributed by atoms with Crippen LogP contribution < -0.4 is 0 Å². The summed E-state index contributed by atoms with van der Waals surface area (Å²) in [5.41, 5.74) is 0.375. The minimum Gasteiger partial charge on any atom is -0.293 e. The molecule has 0 bridgehead atoms. The molecule has 0 fully saturated rings. The van der Waals surface area contributed by atoms with Crippen molar-refractivity contribution < 1.29 is 4.79 Å². The molecule has 0 amide bonds. The highest BCUT2D eigenvalue weighted by molar-refractivity contribution is 5.99. The molecule has 0 radical (unpaired) electrons. The van der Waals surface area contributed by atoms with Gasteiger partial charge in [0.25, 0.3) is 0 Å². The maximum atomic E-state index is 12.0. The number of hydrogen-bond donors (Lipinski definition) is 0. The van der Waals surface area contributed by atoms with Gasteiger partial charge in [-0.1, -0.05) is 41.5 Å². The molecule has 1 rings (SSSR count). The molecule has 0 saturated heterocycles. The molecular weight excluding hydrogens is 212 g/mol. The topological polar surface area (TPSA) is 42.9 Å². The molecular formula is C14H22N2O. The van der Waals surface area contributed by atoms with Crippen LogP contribution in [0.25, 0.3) is 0 Å². The molecule has 3 heteroatoms. The van der Waals surface area contributed by atoms with Crippen LogP contribution in [0.5, 0.6) is 0 Å². The van der Waals surface area contributed by atoms with E-state index < -0.39 is 0 Å². The highest BCUT2D eigenvalue weighted by Crippen LogP contribution is 2.21. The van der Waals surface area contributed by atoms with Crippen LogP contribution >= 0.6 is 0 Å². The summed E-state index contributed by atoms with van der Waals surface area (Å²) in [5.74, 6) is 0.878. The van der Waals surface area contributed by atoms with E-state index in [0.29, 0.717) is 5.56 Å². The number of carbonyl (C=O) groups is 1. The average Bonchev–Trinajstić information content (AvgIpc) is 2.14. The molecule has 1 heterocycles. The van der Waals surface area contributed by atoms with Crippen LogP contribution in [-0.2, 0) is 6.42 Å². The summed E-state index contributed by atoms with van der Waals surface area (Å²) in [4.78, 5) is 20.5. The van der Waals surface area contributed by atoms with Crippen LogP contribution in [0.1, 0.15) is 57.7 Å². The maximum absolute atomic E-state index is 12.0. The standard InChI is InChI=1S/C14H22N2O/c1-13(2,3)7-11-15-8-10(9-16-11)12(17)14(4,5)6/h8-9H,7H2,1-6H3. The largest absolute Gasteiger partial charge is 0.293 e. The van der Waals surface area contributed by atoms with Crippen molar-refractivity contribution >= 4 is 5.78 Å². The normalized spacial score (nSPS) is 12.6. The Bertz CT molecular complexity index is 394. The Hall–Kier alpha value is -1.25. The molecule has 0 unspecified atom stereocenters. The van der Waals surface area contributed by atoms with Gasteiger partial charge in [0.2, 0.25) is 0 Å². The molecule has 0 aromatic carbocycles. The molecule has 1 aromatic rings. The van der Waals surface area contributed by atoms with Crippen LogP contribution in [0.4, 0.5) is 0 Å². The summed E-state index contributed by atoms with van der Waals surface area (Å²) in [5, 5.41) is 0. The summed E-state index contributed by atoms with van der Waals surface area (Å²) < 4.78 is 0. The van der Waals surface area contributed by atoms with Crippen molar-refractivity contribution in [3.8, 4) is 0 Å².